The Hall–Kier alpha value is -2.40. The predicted octanol–water partition coefficient (Wildman–Crippen LogP) is 9.81. The maximum Gasteiger partial charge on any atom is 0.323 e. The van der Waals surface area contributed by atoms with Crippen molar-refractivity contribution in [1.29, 1.82) is 0 Å². The highest BCUT2D eigenvalue weighted by atomic mass is 32.2. The number of aromatic hydroxyl groups is 1. The van der Waals surface area contributed by atoms with Crippen LogP contribution in [-0.2, 0) is 40.7 Å². The first kappa shape index (κ1) is 46.8. The summed E-state index contributed by atoms with van der Waals surface area (Å²) < 4.78 is 16.5. The number of aliphatic hydroxyl groups is 1. The number of esters is 2. The summed E-state index contributed by atoms with van der Waals surface area (Å²) in [4.78, 5) is 26.8. The smallest absolute Gasteiger partial charge is 0.323 e. The molecule has 0 aliphatic rings. The van der Waals surface area contributed by atoms with Gasteiger partial charge in [0.25, 0.3) is 0 Å². The van der Waals surface area contributed by atoms with Gasteiger partial charge in [-0.25, -0.2) is 0 Å². The average molecular weight is 776 g/mol. The largest absolute Gasteiger partial charge is 0.507 e. The van der Waals surface area contributed by atoms with Crippen LogP contribution in [0.25, 0.3) is 0 Å². The maximum atomic E-state index is 12.6. The van der Waals surface area contributed by atoms with Crippen LogP contribution in [-0.4, -0.2) is 64.7 Å². The molecule has 0 saturated carbocycles. The van der Waals surface area contributed by atoms with Gasteiger partial charge in [0.2, 0.25) is 0 Å². The second-order valence-electron chi connectivity index (χ2n) is 18.3. The first-order valence-corrected chi connectivity index (χ1v) is 20.6. The Morgan fingerprint density at radius 3 is 1.51 bits per heavy atom. The number of nitrogens with one attached hydrogen (secondary N) is 1. The predicted molar refractivity (Wildman–Crippen MR) is 221 cm³/mol. The van der Waals surface area contributed by atoms with Crippen molar-refractivity contribution in [2.45, 2.75) is 171 Å². The highest BCUT2D eigenvalue weighted by Gasteiger charge is 2.33. The summed E-state index contributed by atoms with van der Waals surface area (Å²) in [6.07, 6.45) is -0.671. The Morgan fingerprint density at radius 2 is 1.11 bits per heavy atom. The Bertz CT molecular complexity index is 1470. The van der Waals surface area contributed by atoms with E-state index in [4.69, 9.17) is 14.2 Å². The van der Waals surface area contributed by atoms with Crippen LogP contribution in [0.15, 0.2) is 34.1 Å². The molecule has 300 valence electrons. The van der Waals surface area contributed by atoms with Gasteiger partial charge in [-0.1, -0.05) is 83.1 Å². The lowest BCUT2D eigenvalue weighted by atomic mass is 9.79. The number of hydrogen-bond acceptors (Lipinski definition) is 10. The molecule has 0 aromatic heterocycles. The molecule has 0 aliphatic carbocycles. The molecule has 0 heterocycles. The van der Waals surface area contributed by atoms with Crippen molar-refractivity contribution in [3.8, 4) is 11.5 Å². The van der Waals surface area contributed by atoms with Crippen LogP contribution in [0, 0.1) is 0 Å². The number of aliphatic hydroxyl groups excluding tert-OH is 1. The second kappa shape index (κ2) is 18.5. The average Bonchev–Trinajstić information content (AvgIpc) is 2.98. The highest BCUT2D eigenvalue weighted by molar-refractivity contribution is 8.18. The zero-order valence-electron chi connectivity index (χ0n) is 35.5. The van der Waals surface area contributed by atoms with Gasteiger partial charge in [-0.15, -0.1) is 23.5 Å². The molecule has 8 nitrogen and oxygen atoms in total. The first-order chi connectivity index (χ1) is 24.1. The van der Waals surface area contributed by atoms with Gasteiger partial charge in [-0.3, -0.25) is 9.59 Å². The topological polar surface area (TPSA) is 114 Å². The van der Waals surface area contributed by atoms with Crippen LogP contribution < -0.4 is 10.1 Å². The summed E-state index contributed by atoms with van der Waals surface area (Å²) in [5.41, 5.74) is 3.02. The minimum atomic E-state index is -0.930. The molecule has 0 bridgehead atoms. The fourth-order valence-corrected chi connectivity index (χ4v) is 8.47. The lowest BCUT2D eigenvalue weighted by molar-refractivity contribution is -0.147. The Balaban J connectivity index is 2.42. The summed E-state index contributed by atoms with van der Waals surface area (Å²) in [5.74, 6) is 0.282. The molecule has 2 aromatic rings. The van der Waals surface area contributed by atoms with Crippen LogP contribution in [0.4, 0.5) is 0 Å². The van der Waals surface area contributed by atoms with Gasteiger partial charge in [-0.2, -0.15) is 0 Å². The molecule has 2 rings (SSSR count). The van der Waals surface area contributed by atoms with Crippen molar-refractivity contribution >= 4 is 35.5 Å². The van der Waals surface area contributed by atoms with E-state index in [1.165, 1.54) is 0 Å². The van der Waals surface area contributed by atoms with E-state index in [0.29, 0.717) is 5.75 Å². The molecule has 53 heavy (non-hydrogen) atoms. The Morgan fingerprint density at radius 1 is 0.698 bits per heavy atom. The number of rotatable bonds is 16. The highest BCUT2D eigenvalue weighted by Crippen LogP contribution is 2.51. The number of carbonyl (C=O) groups is 2. The normalized spacial score (nSPS) is 14.1. The van der Waals surface area contributed by atoms with Crippen LogP contribution in [0.5, 0.6) is 11.5 Å². The van der Waals surface area contributed by atoms with Crippen molar-refractivity contribution in [3.05, 3.63) is 46.5 Å². The summed E-state index contributed by atoms with van der Waals surface area (Å²) in [6, 6.07) is 7.96. The molecule has 3 N–H and O–H groups in total. The fourth-order valence-electron chi connectivity index (χ4n) is 5.89. The van der Waals surface area contributed by atoms with Crippen LogP contribution in [0.2, 0.25) is 0 Å². The maximum absolute atomic E-state index is 12.6. The van der Waals surface area contributed by atoms with E-state index in [0.717, 1.165) is 37.8 Å². The van der Waals surface area contributed by atoms with E-state index < -0.39 is 18.1 Å². The number of thioether (sulfide) groups is 2. The van der Waals surface area contributed by atoms with Gasteiger partial charge < -0.3 is 29.7 Å². The summed E-state index contributed by atoms with van der Waals surface area (Å²) >= 11 is 3.60. The molecule has 0 fully saturated rings. The van der Waals surface area contributed by atoms with Gasteiger partial charge in [-0.05, 0) is 80.0 Å². The number of carbonyl (C=O) groups excluding carboxylic acids is 2. The first-order valence-electron chi connectivity index (χ1n) is 18.9. The number of hydrogen-bond donors (Lipinski definition) is 3. The molecule has 2 unspecified atom stereocenters. The molecule has 10 heteroatoms. The molecule has 0 aliphatic heterocycles. The molecule has 2 aromatic carbocycles. The molecule has 0 amide bonds. The third-order valence-electron chi connectivity index (χ3n) is 8.64. The monoisotopic (exact) mass is 775 g/mol. The lowest BCUT2D eigenvalue weighted by Crippen LogP contribution is -2.43. The zero-order chi connectivity index (χ0) is 40.7. The minimum absolute atomic E-state index is 0.00743. The molecular formula is C43H69NO7S2. The fraction of sp³-hybridized carbons (Fsp3) is 0.674. The number of phenols is 1. The van der Waals surface area contributed by atoms with Crippen LogP contribution >= 0.6 is 23.5 Å². The standard InChI is InChI=1S/C43H69NO7S2/c1-17-49-35(46)20-19-34(38(48)50-18-2)44-25-27(45)26-51-37-32(41(9,10)11)23-29(24-33(37)42(12,13)14)53-43(15,16)52-28-21-30(39(3,4)5)36(47)31(22-28)40(6,7)8/h21-24,27,34,44-45,47H,17-20,25-26H2,1-16H3. The summed E-state index contributed by atoms with van der Waals surface area (Å²) in [7, 11) is 0. The van der Waals surface area contributed by atoms with Crippen molar-refractivity contribution in [3.63, 3.8) is 0 Å². The van der Waals surface area contributed by atoms with Crippen LogP contribution in [0.1, 0.15) is 146 Å². The second-order valence-corrected chi connectivity index (χ2v) is 22.0. The summed E-state index contributed by atoms with van der Waals surface area (Å²) in [5, 5.41) is 25.5. The number of ether oxygens (including phenoxy) is 3. The third-order valence-corrected chi connectivity index (χ3v) is 11.1. The third kappa shape index (κ3) is 14.3. The zero-order valence-corrected chi connectivity index (χ0v) is 37.1. The Labute approximate surface area is 329 Å². The molecular weight excluding hydrogens is 707 g/mol. The van der Waals surface area contributed by atoms with Gasteiger partial charge in [0, 0.05) is 45.0 Å². The number of phenolic OH excluding ortho intramolecular Hbond substituents is 1. The van der Waals surface area contributed by atoms with Gasteiger partial charge in [0.05, 0.1) is 17.3 Å². The molecule has 2 atom stereocenters. The van der Waals surface area contributed by atoms with E-state index in [1.807, 2.05) is 0 Å². The van der Waals surface area contributed by atoms with Crippen LogP contribution in [0.3, 0.4) is 0 Å². The Kier molecular flexibility index (Phi) is 16.3. The molecule has 0 radical (unpaired) electrons. The van der Waals surface area contributed by atoms with Gasteiger partial charge >= 0.3 is 11.9 Å². The van der Waals surface area contributed by atoms with E-state index in [-0.39, 0.29) is 70.9 Å². The SMILES string of the molecule is CCOC(=O)CCC(NCC(O)COc1c(C(C)(C)C)cc(SC(C)(C)Sc2cc(C(C)(C)C)c(O)c(C(C)(C)C)c2)cc1C(C)(C)C)C(=O)OCC. The van der Waals surface area contributed by atoms with E-state index in [9.17, 15) is 19.8 Å². The lowest BCUT2D eigenvalue weighted by Gasteiger charge is -2.33. The van der Waals surface area contributed by atoms with Gasteiger partial charge in [0.1, 0.15) is 30.3 Å². The van der Waals surface area contributed by atoms with Gasteiger partial charge in [0.15, 0.2) is 0 Å². The van der Waals surface area contributed by atoms with Crippen molar-refractivity contribution in [1.82, 2.24) is 5.32 Å². The summed E-state index contributed by atoms with van der Waals surface area (Å²) in [6.45, 7) is 34.3. The van der Waals surface area contributed by atoms with Crippen molar-refractivity contribution in [2.75, 3.05) is 26.4 Å². The molecule has 0 spiro atoms. The quantitative estimate of drug-likeness (QED) is 0.0865. The number of benzene rings is 2. The van der Waals surface area contributed by atoms with E-state index in [1.54, 1.807) is 37.4 Å². The van der Waals surface area contributed by atoms with E-state index >= 15 is 0 Å². The van der Waals surface area contributed by atoms with Crippen molar-refractivity contribution < 1.29 is 34.0 Å². The minimum Gasteiger partial charge on any atom is -0.507 e. The van der Waals surface area contributed by atoms with E-state index in [2.05, 4.69) is 127 Å². The molecule has 0 saturated heterocycles. The van der Waals surface area contributed by atoms with Crippen molar-refractivity contribution in [2.24, 2.45) is 0 Å².